The Morgan fingerprint density at radius 2 is 2.24 bits per heavy atom. The molecule has 1 aromatic heterocycles. The van der Waals surface area contributed by atoms with Crippen LogP contribution in [0.15, 0.2) is 4.52 Å². The second kappa shape index (κ2) is 7.49. The molecular weight excluding hydrogens is 326 g/mol. The van der Waals surface area contributed by atoms with Crippen LogP contribution in [0.3, 0.4) is 0 Å². The summed E-state index contributed by atoms with van der Waals surface area (Å²) in [5, 5.41) is 6.14. The smallest absolute Gasteiger partial charge is 0.292 e. The minimum Gasteiger partial charge on any atom is -0.383 e. The molecule has 9 heteroatoms. The van der Waals surface area contributed by atoms with Gasteiger partial charge >= 0.3 is 0 Å². The third-order valence-electron chi connectivity index (χ3n) is 5.08. The summed E-state index contributed by atoms with van der Waals surface area (Å²) in [7, 11) is 3.17. The first-order valence-corrected chi connectivity index (χ1v) is 8.63. The Kier molecular flexibility index (Phi) is 5.33. The number of nitrogens with one attached hydrogen (secondary N) is 1. The van der Waals surface area contributed by atoms with Gasteiger partial charge in [-0.25, -0.2) is 0 Å². The predicted molar refractivity (Wildman–Crippen MR) is 87.7 cm³/mol. The van der Waals surface area contributed by atoms with Crippen molar-refractivity contribution in [3.8, 4) is 0 Å². The number of carbonyl (C=O) groups is 2. The number of ether oxygens (including phenoxy) is 1. The summed E-state index contributed by atoms with van der Waals surface area (Å²) in [6.45, 7) is 3.97. The Balaban J connectivity index is 1.61. The van der Waals surface area contributed by atoms with Crippen LogP contribution in [0.1, 0.15) is 35.8 Å². The summed E-state index contributed by atoms with van der Waals surface area (Å²) in [5.41, 5.74) is -0.310. The average Bonchev–Trinajstić information content (AvgIpc) is 3.24. The van der Waals surface area contributed by atoms with Gasteiger partial charge in [0.05, 0.1) is 18.6 Å². The zero-order chi connectivity index (χ0) is 17.9. The molecule has 2 fully saturated rings. The van der Waals surface area contributed by atoms with Crippen LogP contribution in [0.4, 0.5) is 0 Å². The van der Waals surface area contributed by atoms with Gasteiger partial charge in [0.15, 0.2) is 0 Å². The Morgan fingerprint density at radius 1 is 1.40 bits per heavy atom. The second-order valence-corrected chi connectivity index (χ2v) is 6.72. The Labute approximate surface area is 146 Å². The fourth-order valence-corrected chi connectivity index (χ4v) is 3.75. The lowest BCUT2D eigenvalue weighted by atomic mass is 9.78. The van der Waals surface area contributed by atoms with Gasteiger partial charge in [-0.3, -0.25) is 14.5 Å². The van der Waals surface area contributed by atoms with Gasteiger partial charge in [0.1, 0.15) is 0 Å². The van der Waals surface area contributed by atoms with Crippen LogP contribution in [-0.2, 0) is 16.1 Å². The molecule has 9 nitrogen and oxygen atoms in total. The number of aromatic nitrogens is 2. The first-order valence-electron chi connectivity index (χ1n) is 8.63. The van der Waals surface area contributed by atoms with Crippen molar-refractivity contribution >= 4 is 11.8 Å². The average molecular weight is 351 g/mol. The summed E-state index contributed by atoms with van der Waals surface area (Å²) in [6.07, 6.45) is 2.77. The first-order chi connectivity index (χ1) is 12.1. The molecule has 0 bridgehead atoms. The number of amides is 2. The Morgan fingerprint density at radius 3 is 3.00 bits per heavy atom. The Bertz CT molecular complexity index is 634. The number of carbonyl (C=O) groups excluding carboxylic acids is 2. The molecule has 0 unspecified atom stereocenters. The third-order valence-corrected chi connectivity index (χ3v) is 5.08. The lowest BCUT2D eigenvalue weighted by Gasteiger charge is -2.39. The van der Waals surface area contributed by atoms with Crippen molar-refractivity contribution in [1.82, 2.24) is 25.3 Å². The summed E-state index contributed by atoms with van der Waals surface area (Å²) in [4.78, 5) is 32.6. The zero-order valence-electron chi connectivity index (χ0n) is 14.8. The van der Waals surface area contributed by atoms with Crippen molar-refractivity contribution in [3.05, 3.63) is 11.7 Å². The molecule has 2 aliphatic rings. The quantitative estimate of drug-likeness (QED) is 0.763. The standard InChI is InChI=1S/C16H25N5O4/c1-17-14(22)13-18-12(25-19-13)10-20-7-5-16(11-20)4-3-6-21(15(16)23)8-9-24-2/h3-11H2,1-2H3,(H,17,22)/t16-/m0/s1. The molecule has 0 aliphatic carbocycles. The lowest BCUT2D eigenvalue weighted by molar-refractivity contribution is -0.146. The van der Waals surface area contributed by atoms with E-state index in [1.807, 2.05) is 4.90 Å². The molecule has 25 heavy (non-hydrogen) atoms. The molecule has 3 heterocycles. The van der Waals surface area contributed by atoms with Crippen LogP contribution in [0.25, 0.3) is 0 Å². The fourth-order valence-electron chi connectivity index (χ4n) is 3.75. The monoisotopic (exact) mass is 351 g/mol. The van der Waals surface area contributed by atoms with E-state index in [1.165, 1.54) is 7.05 Å². The molecule has 3 rings (SSSR count). The number of likely N-dealkylation sites (tertiary alicyclic amines) is 2. The highest BCUT2D eigenvalue weighted by Crippen LogP contribution is 2.40. The minimum absolute atomic E-state index is 0.0332. The van der Waals surface area contributed by atoms with Gasteiger partial charge in [-0.2, -0.15) is 4.98 Å². The van der Waals surface area contributed by atoms with Gasteiger partial charge in [-0.1, -0.05) is 5.16 Å². The van der Waals surface area contributed by atoms with Crippen LogP contribution in [0.5, 0.6) is 0 Å². The van der Waals surface area contributed by atoms with E-state index in [0.717, 1.165) is 32.4 Å². The number of hydrogen-bond acceptors (Lipinski definition) is 7. The number of methoxy groups -OCH3 is 1. The van der Waals surface area contributed by atoms with Gasteiger partial charge in [-0.05, 0) is 25.8 Å². The first kappa shape index (κ1) is 17.8. The van der Waals surface area contributed by atoms with Crippen molar-refractivity contribution in [3.63, 3.8) is 0 Å². The molecule has 0 radical (unpaired) electrons. The Hall–Kier alpha value is -2.00. The molecule has 1 aromatic rings. The van der Waals surface area contributed by atoms with Crippen LogP contribution < -0.4 is 5.32 Å². The molecule has 2 saturated heterocycles. The van der Waals surface area contributed by atoms with E-state index in [1.54, 1.807) is 7.11 Å². The van der Waals surface area contributed by atoms with Crippen molar-refractivity contribution in [2.24, 2.45) is 5.41 Å². The minimum atomic E-state index is -0.371. The van der Waals surface area contributed by atoms with Gasteiger partial charge in [0.25, 0.3) is 11.7 Å². The van der Waals surface area contributed by atoms with Crippen molar-refractivity contribution in [1.29, 1.82) is 0 Å². The third kappa shape index (κ3) is 3.67. The molecule has 2 amide bonds. The van der Waals surface area contributed by atoms with Gasteiger partial charge in [0.2, 0.25) is 11.8 Å². The molecule has 0 aromatic carbocycles. The normalized spacial score (nSPS) is 24.2. The summed E-state index contributed by atoms with van der Waals surface area (Å²) >= 11 is 0. The second-order valence-electron chi connectivity index (χ2n) is 6.72. The van der Waals surface area contributed by atoms with Gasteiger partial charge in [0, 0.05) is 33.8 Å². The van der Waals surface area contributed by atoms with Crippen molar-refractivity contribution < 1.29 is 18.8 Å². The molecular formula is C16H25N5O4. The summed E-state index contributed by atoms with van der Waals surface area (Å²) in [5.74, 6) is 0.292. The van der Waals surface area contributed by atoms with E-state index in [-0.39, 0.29) is 23.1 Å². The maximum Gasteiger partial charge on any atom is 0.292 e. The molecule has 2 aliphatic heterocycles. The molecule has 1 N–H and O–H groups in total. The molecule has 1 spiro atoms. The highest BCUT2D eigenvalue weighted by molar-refractivity contribution is 5.89. The van der Waals surface area contributed by atoms with E-state index in [4.69, 9.17) is 9.26 Å². The number of rotatable bonds is 6. The molecule has 0 saturated carbocycles. The van der Waals surface area contributed by atoms with Gasteiger partial charge < -0.3 is 19.5 Å². The SMILES string of the molecule is CNC(=O)c1noc(CN2CC[C@@]3(CCCN(CCOC)C3=O)C2)n1. The van der Waals surface area contributed by atoms with Gasteiger partial charge in [-0.15, -0.1) is 0 Å². The van der Waals surface area contributed by atoms with Crippen LogP contribution in [0.2, 0.25) is 0 Å². The molecule has 1 atom stereocenters. The lowest BCUT2D eigenvalue weighted by Crippen LogP contribution is -2.50. The van der Waals surface area contributed by atoms with Crippen LogP contribution in [0, 0.1) is 5.41 Å². The van der Waals surface area contributed by atoms with Crippen LogP contribution in [-0.4, -0.2) is 78.7 Å². The van der Waals surface area contributed by atoms with E-state index < -0.39 is 0 Å². The van der Waals surface area contributed by atoms with Crippen molar-refractivity contribution in [2.75, 3.05) is 46.9 Å². The predicted octanol–water partition coefficient (Wildman–Crippen LogP) is -0.110. The van der Waals surface area contributed by atoms with E-state index in [2.05, 4.69) is 20.4 Å². The number of piperidine rings is 1. The molecule has 138 valence electrons. The summed E-state index contributed by atoms with van der Waals surface area (Å²) < 4.78 is 10.3. The van der Waals surface area contributed by atoms with Crippen molar-refractivity contribution in [2.45, 2.75) is 25.8 Å². The van der Waals surface area contributed by atoms with Crippen LogP contribution >= 0.6 is 0 Å². The van der Waals surface area contributed by atoms with E-state index in [9.17, 15) is 9.59 Å². The highest BCUT2D eigenvalue weighted by atomic mass is 16.5. The fraction of sp³-hybridized carbons (Fsp3) is 0.750. The van der Waals surface area contributed by atoms with E-state index >= 15 is 0 Å². The topological polar surface area (TPSA) is 101 Å². The maximum absolute atomic E-state index is 12.9. The van der Waals surface area contributed by atoms with E-state index in [0.29, 0.717) is 32.1 Å². The highest BCUT2D eigenvalue weighted by Gasteiger charge is 2.48. The zero-order valence-corrected chi connectivity index (χ0v) is 14.8. The summed E-state index contributed by atoms with van der Waals surface area (Å²) in [6, 6.07) is 0. The maximum atomic E-state index is 12.9. The number of nitrogens with zero attached hydrogens (tertiary/aromatic N) is 4. The number of hydrogen-bond donors (Lipinski definition) is 1. The largest absolute Gasteiger partial charge is 0.383 e.